The maximum Gasteiger partial charge on any atom is 0.247 e. The van der Waals surface area contributed by atoms with Crippen LogP contribution in [0.1, 0.15) is 42.8 Å². The van der Waals surface area contributed by atoms with E-state index in [0.717, 1.165) is 25.7 Å². The molecule has 0 aromatic carbocycles. The molecule has 0 amide bonds. The van der Waals surface area contributed by atoms with Crippen LogP contribution in [0.2, 0.25) is 0 Å². The van der Waals surface area contributed by atoms with Gasteiger partial charge in [-0.1, -0.05) is 0 Å². The van der Waals surface area contributed by atoms with Crippen LogP contribution in [-0.2, 0) is 15.9 Å². The minimum absolute atomic E-state index is 0.166. The summed E-state index contributed by atoms with van der Waals surface area (Å²) in [5.41, 5.74) is 0.616. The standard InChI is InChI=1S/C14H20ClNO3S/c1-9-13(7-15)14(10(2)19-9)20(17,18)16(12-5-6-12)8-11-3-4-11/h11-12H,3-8H2,1-2H3. The first-order chi connectivity index (χ1) is 9.45. The molecular formula is C14H20ClNO3S. The first kappa shape index (κ1) is 14.4. The third-order valence-electron chi connectivity index (χ3n) is 4.11. The Morgan fingerprint density at radius 3 is 2.35 bits per heavy atom. The van der Waals surface area contributed by atoms with Crippen molar-refractivity contribution >= 4 is 21.6 Å². The van der Waals surface area contributed by atoms with Gasteiger partial charge in [0, 0.05) is 18.2 Å². The molecule has 1 aromatic rings. The van der Waals surface area contributed by atoms with E-state index < -0.39 is 10.0 Å². The highest BCUT2D eigenvalue weighted by molar-refractivity contribution is 7.89. The Balaban J connectivity index is 2.01. The lowest BCUT2D eigenvalue weighted by atomic mass is 10.3. The van der Waals surface area contributed by atoms with Gasteiger partial charge >= 0.3 is 0 Å². The third-order valence-corrected chi connectivity index (χ3v) is 6.50. The molecule has 20 heavy (non-hydrogen) atoms. The van der Waals surface area contributed by atoms with Gasteiger partial charge in [0.25, 0.3) is 0 Å². The van der Waals surface area contributed by atoms with Crippen molar-refractivity contribution in [1.82, 2.24) is 4.31 Å². The van der Waals surface area contributed by atoms with Gasteiger partial charge in [-0.15, -0.1) is 11.6 Å². The van der Waals surface area contributed by atoms with Crippen LogP contribution in [0.25, 0.3) is 0 Å². The highest BCUT2D eigenvalue weighted by atomic mass is 35.5. The van der Waals surface area contributed by atoms with Crippen LogP contribution in [0.15, 0.2) is 9.31 Å². The van der Waals surface area contributed by atoms with Gasteiger partial charge in [-0.3, -0.25) is 0 Å². The fraction of sp³-hybridized carbons (Fsp3) is 0.714. The smallest absolute Gasteiger partial charge is 0.247 e. The fourth-order valence-electron chi connectivity index (χ4n) is 2.68. The zero-order chi connectivity index (χ0) is 14.5. The highest BCUT2D eigenvalue weighted by Gasteiger charge is 2.43. The molecule has 2 saturated carbocycles. The predicted octanol–water partition coefficient (Wildman–Crippen LogP) is 3.20. The second kappa shape index (κ2) is 5.04. The first-order valence-electron chi connectivity index (χ1n) is 7.11. The molecule has 0 spiro atoms. The van der Waals surface area contributed by atoms with Crippen LogP contribution in [0, 0.1) is 19.8 Å². The predicted molar refractivity (Wildman–Crippen MR) is 77.4 cm³/mol. The van der Waals surface area contributed by atoms with Gasteiger partial charge in [0.15, 0.2) is 0 Å². The van der Waals surface area contributed by atoms with Gasteiger partial charge in [-0.2, -0.15) is 4.31 Å². The summed E-state index contributed by atoms with van der Waals surface area (Å²) in [5, 5.41) is 0. The number of furan rings is 1. The summed E-state index contributed by atoms with van der Waals surface area (Å²) in [6, 6.07) is 0.179. The van der Waals surface area contributed by atoms with Crippen LogP contribution >= 0.6 is 11.6 Å². The van der Waals surface area contributed by atoms with Gasteiger partial charge in [0.2, 0.25) is 10.0 Å². The second-order valence-corrected chi connectivity index (χ2v) is 8.00. The molecule has 6 heteroatoms. The Hall–Kier alpha value is -0.520. The van der Waals surface area contributed by atoms with Crippen LogP contribution in [-0.4, -0.2) is 25.3 Å². The summed E-state index contributed by atoms with van der Waals surface area (Å²) >= 11 is 5.93. The molecule has 0 saturated heterocycles. The van der Waals surface area contributed by atoms with E-state index in [1.807, 2.05) is 0 Å². The maximum atomic E-state index is 13.0. The van der Waals surface area contributed by atoms with E-state index in [4.69, 9.17) is 16.0 Å². The first-order valence-corrected chi connectivity index (χ1v) is 9.09. The Bertz CT molecular complexity index is 615. The average Bonchev–Trinajstić information content (AvgIpc) is 3.24. The molecule has 2 aliphatic rings. The summed E-state index contributed by atoms with van der Waals surface area (Å²) < 4.78 is 33.2. The van der Waals surface area contributed by atoms with E-state index >= 15 is 0 Å². The van der Waals surface area contributed by atoms with Crippen molar-refractivity contribution in [3.05, 3.63) is 17.1 Å². The zero-order valence-electron chi connectivity index (χ0n) is 11.9. The van der Waals surface area contributed by atoms with Gasteiger partial charge < -0.3 is 4.42 Å². The normalized spacial score (nSPS) is 19.8. The lowest BCUT2D eigenvalue weighted by Gasteiger charge is -2.22. The molecule has 0 atom stereocenters. The highest BCUT2D eigenvalue weighted by Crippen LogP contribution is 2.40. The number of rotatable bonds is 6. The van der Waals surface area contributed by atoms with Crippen LogP contribution in [0.4, 0.5) is 0 Å². The maximum absolute atomic E-state index is 13.0. The molecule has 2 fully saturated rings. The summed E-state index contributed by atoms with van der Waals surface area (Å²) in [4.78, 5) is 0.303. The van der Waals surface area contributed by atoms with Crippen LogP contribution in [0.5, 0.6) is 0 Å². The van der Waals surface area contributed by atoms with Crippen molar-refractivity contribution in [2.75, 3.05) is 6.54 Å². The van der Waals surface area contributed by atoms with E-state index in [2.05, 4.69) is 0 Å². The zero-order valence-corrected chi connectivity index (χ0v) is 13.4. The number of hydrogen-bond donors (Lipinski definition) is 0. The molecule has 1 aromatic heterocycles. The SMILES string of the molecule is Cc1oc(C)c(S(=O)(=O)N(CC2CC2)C2CC2)c1CCl. The monoisotopic (exact) mass is 317 g/mol. The van der Waals surface area contributed by atoms with E-state index in [-0.39, 0.29) is 11.9 Å². The Labute approximate surface area is 125 Å². The molecule has 112 valence electrons. The lowest BCUT2D eigenvalue weighted by molar-refractivity contribution is 0.387. The van der Waals surface area contributed by atoms with Crippen molar-refractivity contribution in [3.63, 3.8) is 0 Å². The van der Waals surface area contributed by atoms with E-state index in [1.54, 1.807) is 18.2 Å². The number of aryl methyl sites for hydroxylation is 2. The van der Waals surface area contributed by atoms with Crippen molar-refractivity contribution in [3.8, 4) is 0 Å². The Kier molecular flexibility index (Phi) is 3.63. The van der Waals surface area contributed by atoms with E-state index in [1.165, 1.54) is 0 Å². The summed E-state index contributed by atoms with van der Waals surface area (Å²) in [7, 11) is -3.49. The molecule has 2 aliphatic carbocycles. The number of nitrogens with zero attached hydrogens (tertiary/aromatic N) is 1. The minimum atomic E-state index is -3.49. The van der Waals surface area contributed by atoms with E-state index in [0.29, 0.717) is 34.4 Å². The molecule has 0 radical (unpaired) electrons. The molecule has 0 bridgehead atoms. The van der Waals surface area contributed by atoms with Gasteiger partial charge in [0.1, 0.15) is 16.4 Å². The van der Waals surface area contributed by atoms with Gasteiger partial charge in [-0.25, -0.2) is 8.42 Å². The Morgan fingerprint density at radius 2 is 1.85 bits per heavy atom. The molecule has 4 nitrogen and oxygen atoms in total. The quantitative estimate of drug-likeness (QED) is 0.757. The average molecular weight is 318 g/mol. The number of hydrogen-bond acceptors (Lipinski definition) is 3. The molecule has 1 heterocycles. The number of alkyl halides is 1. The van der Waals surface area contributed by atoms with Crippen LogP contribution < -0.4 is 0 Å². The molecule has 3 rings (SSSR count). The van der Waals surface area contributed by atoms with Crippen LogP contribution in [0.3, 0.4) is 0 Å². The fourth-order valence-corrected chi connectivity index (χ4v) is 5.26. The van der Waals surface area contributed by atoms with Gasteiger partial charge in [-0.05, 0) is 45.4 Å². The molecule has 0 unspecified atom stereocenters. The Morgan fingerprint density at radius 1 is 1.20 bits per heavy atom. The molecule has 0 N–H and O–H groups in total. The summed E-state index contributed by atoms with van der Waals surface area (Å²) in [5.74, 6) is 1.77. The topological polar surface area (TPSA) is 50.5 Å². The molecular weight excluding hydrogens is 298 g/mol. The third kappa shape index (κ3) is 2.51. The number of sulfonamides is 1. The summed E-state index contributed by atoms with van der Waals surface area (Å²) in [6.45, 7) is 4.13. The van der Waals surface area contributed by atoms with Gasteiger partial charge in [0.05, 0.1) is 5.88 Å². The van der Waals surface area contributed by atoms with Crippen molar-refractivity contribution in [1.29, 1.82) is 0 Å². The number of halogens is 1. The van der Waals surface area contributed by atoms with Crippen molar-refractivity contribution in [2.24, 2.45) is 5.92 Å². The lowest BCUT2D eigenvalue weighted by Crippen LogP contribution is -2.35. The minimum Gasteiger partial charge on any atom is -0.465 e. The summed E-state index contributed by atoms with van der Waals surface area (Å²) in [6.07, 6.45) is 4.23. The largest absolute Gasteiger partial charge is 0.465 e. The van der Waals surface area contributed by atoms with Crippen molar-refractivity contribution < 1.29 is 12.8 Å². The van der Waals surface area contributed by atoms with Crippen molar-refractivity contribution in [2.45, 2.75) is 56.3 Å². The second-order valence-electron chi connectivity index (χ2n) is 5.91. The molecule has 0 aliphatic heterocycles. The van der Waals surface area contributed by atoms with E-state index in [9.17, 15) is 8.42 Å².